The summed E-state index contributed by atoms with van der Waals surface area (Å²) in [6.45, 7) is 1.35. The second-order valence-electron chi connectivity index (χ2n) is 6.21. The normalized spacial score (nSPS) is 15.6. The summed E-state index contributed by atoms with van der Waals surface area (Å²) in [6, 6.07) is 7.99. The molecule has 0 radical (unpaired) electrons. The highest BCUT2D eigenvalue weighted by Gasteiger charge is 2.26. The quantitative estimate of drug-likeness (QED) is 0.787. The van der Waals surface area contributed by atoms with Crippen molar-refractivity contribution in [2.24, 2.45) is 0 Å². The highest BCUT2D eigenvalue weighted by atomic mass is 35.5. The first-order valence-corrected chi connectivity index (χ1v) is 10.4. The van der Waals surface area contributed by atoms with Crippen LogP contribution >= 0.6 is 11.6 Å². The predicted octanol–water partition coefficient (Wildman–Crippen LogP) is 2.70. The number of rotatable bonds is 6. The second kappa shape index (κ2) is 8.33. The highest BCUT2D eigenvalue weighted by Crippen LogP contribution is 2.30. The number of benzene rings is 1. The Balaban J connectivity index is 1.67. The Morgan fingerprint density at radius 1 is 1.15 bits per heavy atom. The molecule has 7 nitrogen and oxygen atoms in total. The maximum absolute atomic E-state index is 12.7. The van der Waals surface area contributed by atoms with Gasteiger partial charge in [0.1, 0.15) is 5.82 Å². The first-order chi connectivity index (χ1) is 12.9. The number of ether oxygens (including phenoxy) is 2. The topological polar surface area (TPSA) is 80.8 Å². The maximum Gasteiger partial charge on any atom is 0.240 e. The molecular weight excluding hydrogens is 390 g/mol. The average Bonchev–Trinajstić information content (AvgIpc) is 2.68. The van der Waals surface area contributed by atoms with E-state index < -0.39 is 10.0 Å². The number of nitrogens with one attached hydrogen (secondary N) is 1. The molecule has 0 unspecified atom stereocenters. The summed E-state index contributed by atoms with van der Waals surface area (Å²) in [5.74, 6) is 1.59. The molecule has 1 fully saturated rings. The summed E-state index contributed by atoms with van der Waals surface area (Å²) < 4.78 is 38.6. The monoisotopic (exact) mass is 411 g/mol. The van der Waals surface area contributed by atoms with Gasteiger partial charge in [-0.1, -0.05) is 11.6 Å². The number of halogens is 1. The minimum atomic E-state index is -3.65. The van der Waals surface area contributed by atoms with Crippen LogP contribution in [0.2, 0.25) is 5.02 Å². The van der Waals surface area contributed by atoms with Crippen molar-refractivity contribution >= 4 is 27.4 Å². The van der Waals surface area contributed by atoms with Crippen LogP contribution in [-0.4, -0.2) is 46.8 Å². The van der Waals surface area contributed by atoms with E-state index in [0.29, 0.717) is 42.5 Å². The fraction of sp³-hybridized carbons (Fsp3) is 0.389. The Labute approximate surface area is 164 Å². The molecule has 0 spiro atoms. The van der Waals surface area contributed by atoms with Gasteiger partial charge < -0.3 is 14.4 Å². The number of pyridine rings is 1. The Kier molecular flexibility index (Phi) is 6.08. The van der Waals surface area contributed by atoms with Crippen LogP contribution in [0.4, 0.5) is 5.82 Å². The second-order valence-corrected chi connectivity index (χ2v) is 8.33. The summed E-state index contributed by atoms with van der Waals surface area (Å²) in [5, 5.41) is 0.599. The van der Waals surface area contributed by atoms with E-state index in [1.54, 1.807) is 24.4 Å². The van der Waals surface area contributed by atoms with Crippen molar-refractivity contribution in [2.45, 2.75) is 23.8 Å². The van der Waals surface area contributed by atoms with Gasteiger partial charge in [0, 0.05) is 31.4 Å². The van der Waals surface area contributed by atoms with Crippen LogP contribution < -0.4 is 19.1 Å². The lowest BCUT2D eigenvalue weighted by Crippen LogP contribution is -2.44. The fourth-order valence-electron chi connectivity index (χ4n) is 3.09. The molecule has 0 bridgehead atoms. The molecule has 0 aliphatic carbocycles. The number of aromatic nitrogens is 1. The van der Waals surface area contributed by atoms with Crippen LogP contribution in [0.25, 0.3) is 0 Å². The minimum Gasteiger partial charge on any atom is -0.493 e. The predicted molar refractivity (Wildman–Crippen MR) is 104 cm³/mol. The molecule has 3 rings (SSSR count). The Bertz CT molecular complexity index is 899. The van der Waals surface area contributed by atoms with Gasteiger partial charge in [-0.25, -0.2) is 18.1 Å². The third-order valence-electron chi connectivity index (χ3n) is 4.52. The average molecular weight is 412 g/mol. The molecule has 1 aliphatic rings. The summed E-state index contributed by atoms with van der Waals surface area (Å²) in [6.07, 6.45) is 3.03. The Hall–Kier alpha value is -2.03. The van der Waals surface area contributed by atoms with Crippen molar-refractivity contribution in [3.8, 4) is 11.5 Å². The van der Waals surface area contributed by atoms with Gasteiger partial charge in [-0.2, -0.15) is 0 Å². The number of piperidine rings is 1. The molecule has 27 heavy (non-hydrogen) atoms. The van der Waals surface area contributed by atoms with Crippen LogP contribution in [-0.2, 0) is 10.0 Å². The van der Waals surface area contributed by atoms with E-state index in [1.165, 1.54) is 26.4 Å². The molecule has 1 N–H and O–H groups in total. The highest BCUT2D eigenvalue weighted by molar-refractivity contribution is 7.89. The third kappa shape index (κ3) is 4.45. The zero-order valence-electron chi connectivity index (χ0n) is 15.2. The van der Waals surface area contributed by atoms with Crippen LogP contribution in [0, 0.1) is 0 Å². The van der Waals surface area contributed by atoms with E-state index in [9.17, 15) is 8.42 Å². The molecule has 0 amide bonds. The van der Waals surface area contributed by atoms with E-state index in [0.717, 1.165) is 5.82 Å². The van der Waals surface area contributed by atoms with Gasteiger partial charge in [-0.05, 0) is 37.1 Å². The molecule has 1 aliphatic heterocycles. The van der Waals surface area contributed by atoms with Gasteiger partial charge in [-0.3, -0.25) is 0 Å². The molecule has 1 aromatic heterocycles. The number of sulfonamides is 1. The van der Waals surface area contributed by atoms with Crippen molar-refractivity contribution in [3.63, 3.8) is 0 Å². The van der Waals surface area contributed by atoms with Gasteiger partial charge in [-0.15, -0.1) is 0 Å². The standard InChI is InChI=1S/C18H22ClN3O4S/c1-25-16-6-5-14(12-17(16)26-2)27(23,24)21-13-7-10-22(11-8-13)18-15(19)4-3-9-20-18/h3-6,9,12-13,21H,7-8,10-11H2,1-2H3. The van der Waals surface area contributed by atoms with Crippen molar-refractivity contribution in [3.05, 3.63) is 41.6 Å². The fourth-order valence-corrected chi connectivity index (χ4v) is 4.65. The van der Waals surface area contributed by atoms with Crippen LogP contribution in [0.1, 0.15) is 12.8 Å². The first kappa shape index (κ1) is 19.7. The van der Waals surface area contributed by atoms with Gasteiger partial charge in [0.25, 0.3) is 0 Å². The summed E-state index contributed by atoms with van der Waals surface area (Å²) in [4.78, 5) is 6.54. The SMILES string of the molecule is COc1ccc(S(=O)(=O)NC2CCN(c3ncccc3Cl)CC2)cc1OC. The zero-order chi connectivity index (χ0) is 19.4. The van der Waals surface area contributed by atoms with Crippen LogP contribution in [0.5, 0.6) is 11.5 Å². The van der Waals surface area contributed by atoms with Gasteiger partial charge in [0.15, 0.2) is 11.5 Å². The lowest BCUT2D eigenvalue weighted by Gasteiger charge is -2.33. The number of hydrogen-bond donors (Lipinski definition) is 1. The summed E-state index contributed by atoms with van der Waals surface area (Å²) in [7, 11) is -0.675. The van der Waals surface area contributed by atoms with Crippen molar-refractivity contribution in [2.75, 3.05) is 32.2 Å². The molecule has 1 saturated heterocycles. The van der Waals surface area contributed by atoms with E-state index >= 15 is 0 Å². The number of nitrogens with zero attached hydrogens (tertiary/aromatic N) is 2. The lowest BCUT2D eigenvalue weighted by atomic mass is 10.1. The molecule has 1 aromatic carbocycles. The van der Waals surface area contributed by atoms with Crippen molar-refractivity contribution in [1.82, 2.24) is 9.71 Å². The molecule has 9 heteroatoms. The van der Waals surface area contributed by atoms with Gasteiger partial charge in [0.05, 0.1) is 24.1 Å². The van der Waals surface area contributed by atoms with Crippen LogP contribution in [0.3, 0.4) is 0 Å². The number of anilines is 1. The maximum atomic E-state index is 12.7. The third-order valence-corrected chi connectivity index (χ3v) is 6.33. The summed E-state index contributed by atoms with van der Waals surface area (Å²) >= 11 is 6.20. The zero-order valence-corrected chi connectivity index (χ0v) is 16.8. The molecule has 0 saturated carbocycles. The lowest BCUT2D eigenvalue weighted by molar-refractivity contribution is 0.353. The Morgan fingerprint density at radius 2 is 1.85 bits per heavy atom. The molecule has 146 valence electrons. The van der Waals surface area contributed by atoms with E-state index in [1.807, 2.05) is 0 Å². The smallest absolute Gasteiger partial charge is 0.240 e. The first-order valence-electron chi connectivity index (χ1n) is 8.54. The van der Waals surface area contributed by atoms with E-state index in [-0.39, 0.29) is 10.9 Å². The van der Waals surface area contributed by atoms with Crippen molar-refractivity contribution in [1.29, 1.82) is 0 Å². The summed E-state index contributed by atoms with van der Waals surface area (Å²) in [5.41, 5.74) is 0. The molecule has 0 atom stereocenters. The Morgan fingerprint density at radius 3 is 2.48 bits per heavy atom. The van der Waals surface area contributed by atoms with Gasteiger partial charge >= 0.3 is 0 Å². The van der Waals surface area contributed by atoms with Crippen molar-refractivity contribution < 1.29 is 17.9 Å². The number of hydrogen-bond acceptors (Lipinski definition) is 6. The number of methoxy groups -OCH3 is 2. The molecule has 2 aromatic rings. The minimum absolute atomic E-state index is 0.148. The van der Waals surface area contributed by atoms with E-state index in [2.05, 4.69) is 14.6 Å². The van der Waals surface area contributed by atoms with Gasteiger partial charge in [0.2, 0.25) is 10.0 Å². The molecule has 2 heterocycles. The molecular formula is C18H22ClN3O4S. The largest absolute Gasteiger partial charge is 0.493 e. The van der Waals surface area contributed by atoms with E-state index in [4.69, 9.17) is 21.1 Å². The van der Waals surface area contributed by atoms with Crippen LogP contribution in [0.15, 0.2) is 41.4 Å².